The lowest BCUT2D eigenvalue weighted by Gasteiger charge is -2.06. The molecule has 132 valence electrons. The summed E-state index contributed by atoms with van der Waals surface area (Å²) in [4.78, 5) is 24.0. The fraction of sp³-hybridized carbons (Fsp3) is 0.0526. The molecular formula is C19H14FNO4S. The molecule has 0 aliphatic rings. The van der Waals surface area contributed by atoms with E-state index in [9.17, 15) is 19.1 Å². The number of ether oxygens (including phenoxy) is 1. The van der Waals surface area contributed by atoms with E-state index in [2.05, 4.69) is 5.32 Å². The number of nitrogens with one attached hydrogen (secondary N) is 1. The number of thiophene rings is 1. The van der Waals surface area contributed by atoms with E-state index in [4.69, 9.17) is 4.74 Å². The second-order valence-electron chi connectivity index (χ2n) is 5.35. The Bertz CT molecular complexity index is 922. The molecule has 0 atom stereocenters. The maximum atomic E-state index is 13.0. The summed E-state index contributed by atoms with van der Waals surface area (Å²) in [7, 11) is 0. The van der Waals surface area contributed by atoms with E-state index in [1.165, 1.54) is 18.2 Å². The van der Waals surface area contributed by atoms with Crippen LogP contribution in [0.4, 0.5) is 14.9 Å². The molecule has 0 saturated carbocycles. The number of carbonyl (C=O) groups excluding carboxylic acids is 1. The molecule has 3 rings (SSSR count). The van der Waals surface area contributed by atoms with Gasteiger partial charge in [0.05, 0.1) is 5.69 Å². The molecule has 0 radical (unpaired) electrons. The largest absolute Gasteiger partial charge is 0.477 e. The van der Waals surface area contributed by atoms with Gasteiger partial charge in [-0.2, -0.15) is 0 Å². The molecule has 26 heavy (non-hydrogen) atoms. The molecule has 0 saturated heterocycles. The zero-order valence-corrected chi connectivity index (χ0v) is 14.3. The van der Waals surface area contributed by atoms with Crippen molar-refractivity contribution in [3.63, 3.8) is 0 Å². The summed E-state index contributed by atoms with van der Waals surface area (Å²) >= 11 is 0.991. The third kappa shape index (κ3) is 4.25. The van der Waals surface area contributed by atoms with Crippen LogP contribution in [-0.2, 0) is 11.3 Å². The Balaban J connectivity index is 1.74. The Labute approximate surface area is 152 Å². The Kier molecular flexibility index (Phi) is 5.28. The lowest BCUT2D eigenvalue weighted by Crippen LogP contribution is -2.14. The van der Waals surface area contributed by atoms with Crippen LogP contribution in [0.1, 0.15) is 15.2 Å². The number of hydrogen-bond acceptors (Lipinski definition) is 4. The molecule has 2 aromatic carbocycles. The Morgan fingerprint density at radius 3 is 2.42 bits per heavy atom. The molecule has 0 spiro atoms. The fourth-order valence-corrected chi connectivity index (χ4v) is 3.23. The average molecular weight is 371 g/mol. The summed E-state index contributed by atoms with van der Waals surface area (Å²) in [5.41, 5.74) is 1.61. The van der Waals surface area contributed by atoms with Gasteiger partial charge in [0.25, 0.3) is 0 Å². The van der Waals surface area contributed by atoms with Crippen LogP contribution in [0.5, 0.6) is 0 Å². The van der Waals surface area contributed by atoms with E-state index in [1.807, 2.05) is 30.3 Å². The molecule has 0 unspecified atom stereocenters. The zero-order valence-electron chi connectivity index (χ0n) is 13.4. The third-order valence-corrected chi connectivity index (χ3v) is 4.68. The second kappa shape index (κ2) is 7.79. The van der Waals surface area contributed by atoms with Crippen LogP contribution >= 0.6 is 11.3 Å². The van der Waals surface area contributed by atoms with Gasteiger partial charge in [0.15, 0.2) is 0 Å². The highest BCUT2D eigenvalue weighted by Crippen LogP contribution is 2.35. The quantitative estimate of drug-likeness (QED) is 0.662. The van der Waals surface area contributed by atoms with Crippen molar-refractivity contribution < 1.29 is 23.8 Å². The van der Waals surface area contributed by atoms with Crippen molar-refractivity contribution in [1.82, 2.24) is 0 Å². The summed E-state index contributed by atoms with van der Waals surface area (Å²) in [5.74, 6) is -1.55. The zero-order chi connectivity index (χ0) is 18.5. The van der Waals surface area contributed by atoms with Crippen molar-refractivity contribution in [2.75, 3.05) is 5.32 Å². The molecule has 0 fully saturated rings. The highest BCUT2D eigenvalue weighted by Gasteiger charge is 2.18. The number of anilines is 1. The summed E-state index contributed by atoms with van der Waals surface area (Å²) in [5, 5.41) is 11.8. The molecule has 0 bridgehead atoms. The normalized spacial score (nSPS) is 10.3. The van der Waals surface area contributed by atoms with Crippen LogP contribution in [0.15, 0.2) is 60.7 Å². The Morgan fingerprint density at radius 1 is 1.08 bits per heavy atom. The van der Waals surface area contributed by atoms with Crippen LogP contribution in [0.2, 0.25) is 0 Å². The first kappa shape index (κ1) is 17.6. The molecule has 3 aromatic rings. The fourth-order valence-electron chi connectivity index (χ4n) is 2.27. The standard InChI is InChI=1S/C19H14FNO4S/c20-14-8-6-13(7-9-14)16-10-15(17(26-16)18(22)23)21-19(24)25-11-12-4-2-1-3-5-12/h1-10H,11H2,(H,21,24)(H,22,23). The summed E-state index contributed by atoms with van der Waals surface area (Å²) in [6.07, 6.45) is -0.750. The maximum absolute atomic E-state index is 13.0. The number of aromatic carboxylic acids is 1. The lowest BCUT2D eigenvalue weighted by atomic mass is 10.2. The van der Waals surface area contributed by atoms with E-state index >= 15 is 0 Å². The molecule has 1 aromatic heterocycles. The molecule has 2 N–H and O–H groups in total. The van der Waals surface area contributed by atoms with Gasteiger partial charge in [0, 0.05) is 4.88 Å². The van der Waals surface area contributed by atoms with Crippen LogP contribution in [0.25, 0.3) is 10.4 Å². The monoisotopic (exact) mass is 371 g/mol. The predicted molar refractivity (Wildman–Crippen MR) is 96.9 cm³/mol. The minimum absolute atomic E-state index is 0.0269. The van der Waals surface area contributed by atoms with Crippen molar-refractivity contribution in [3.05, 3.63) is 76.9 Å². The Morgan fingerprint density at radius 2 is 1.77 bits per heavy atom. The number of carboxylic acid groups (broad SMARTS) is 1. The number of rotatable bonds is 5. The average Bonchev–Trinajstić information content (AvgIpc) is 3.05. The Hall–Kier alpha value is -3.19. The van der Waals surface area contributed by atoms with Gasteiger partial charge in [-0.25, -0.2) is 14.0 Å². The van der Waals surface area contributed by atoms with Crippen LogP contribution < -0.4 is 5.32 Å². The number of carboxylic acids is 1. The van der Waals surface area contributed by atoms with E-state index in [-0.39, 0.29) is 23.0 Å². The van der Waals surface area contributed by atoms with E-state index < -0.39 is 12.1 Å². The SMILES string of the molecule is O=C(Nc1cc(-c2ccc(F)cc2)sc1C(=O)O)OCc1ccccc1. The highest BCUT2D eigenvalue weighted by molar-refractivity contribution is 7.18. The number of hydrogen-bond donors (Lipinski definition) is 2. The lowest BCUT2D eigenvalue weighted by molar-refractivity contribution is 0.0703. The summed E-state index contributed by atoms with van der Waals surface area (Å²) < 4.78 is 18.2. The predicted octanol–water partition coefficient (Wildman–Crippen LogP) is 5.00. The van der Waals surface area contributed by atoms with E-state index in [1.54, 1.807) is 12.1 Å². The van der Waals surface area contributed by atoms with Gasteiger partial charge in [0.1, 0.15) is 17.3 Å². The van der Waals surface area contributed by atoms with Crippen molar-refractivity contribution in [1.29, 1.82) is 0 Å². The number of halogens is 1. The van der Waals surface area contributed by atoms with Gasteiger partial charge in [-0.3, -0.25) is 5.32 Å². The molecule has 0 aliphatic carbocycles. The van der Waals surface area contributed by atoms with Crippen molar-refractivity contribution in [3.8, 4) is 10.4 Å². The van der Waals surface area contributed by atoms with Crippen LogP contribution in [0.3, 0.4) is 0 Å². The molecule has 1 amide bonds. The van der Waals surface area contributed by atoms with Crippen molar-refractivity contribution >= 4 is 29.1 Å². The van der Waals surface area contributed by atoms with E-state index in [0.717, 1.165) is 16.9 Å². The minimum Gasteiger partial charge on any atom is -0.477 e. The van der Waals surface area contributed by atoms with Crippen LogP contribution in [0, 0.1) is 5.82 Å². The first-order valence-electron chi connectivity index (χ1n) is 7.63. The van der Waals surface area contributed by atoms with Gasteiger partial charge >= 0.3 is 12.1 Å². The molecule has 0 aliphatic heterocycles. The number of amides is 1. The number of carbonyl (C=O) groups is 2. The topological polar surface area (TPSA) is 75.6 Å². The third-order valence-electron chi connectivity index (χ3n) is 3.50. The molecular weight excluding hydrogens is 357 g/mol. The number of benzene rings is 2. The smallest absolute Gasteiger partial charge is 0.412 e. The van der Waals surface area contributed by atoms with Crippen molar-refractivity contribution in [2.45, 2.75) is 6.61 Å². The molecule has 7 heteroatoms. The second-order valence-corrected chi connectivity index (χ2v) is 6.40. The van der Waals surface area contributed by atoms with Gasteiger partial charge in [0.2, 0.25) is 0 Å². The van der Waals surface area contributed by atoms with E-state index in [0.29, 0.717) is 10.4 Å². The molecule has 5 nitrogen and oxygen atoms in total. The van der Waals surface area contributed by atoms with Gasteiger partial charge in [-0.15, -0.1) is 11.3 Å². The summed E-state index contributed by atoms with van der Waals surface area (Å²) in [6.45, 7) is 0.0734. The van der Waals surface area contributed by atoms with Gasteiger partial charge in [-0.1, -0.05) is 42.5 Å². The molecule has 1 heterocycles. The van der Waals surface area contributed by atoms with Crippen LogP contribution in [-0.4, -0.2) is 17.2 Å². The van der Waals surface area contributed by atoms with Gasteiger partial charge < -0.3 is 9.84 Å². The first-order chi connectivity index (χ1) is 12.5. The highest BCUT2D eigenvalue weighted by atomic mass is 32.1. The van der Waals surface area contributed by atoms with Gasteiger partial charge in [-0.05, 0) is 29.3 Å². The first-order valence-corrected chi connectivity index (χ1v) is 8.45. The van der Waals surface area contributed by atoms with Crippen molar-refractivity contribution in [2.24, 2.45) is 0 Å². The maximum Gasteiger partial charge on any atom is 0.412 e. The minimum atomic E-state index is -1.17. The summed E-state index contributed by atoms with van der Waals surface area (Å²) in [6, 6.07) is 16.3.